The molecule has 0 saturated carbocycles. The lowest BCUT2D eigenvalue weighted by Gasteiger charge is -2.27. The van der Waals surface area contributed by atoms with E-state index in [1.807, 2.05) is 0 Å². The van der Waals surface area contributed by atoms with E-state index < -0.39 is 12.8 Å². The fourth-order valence-electron chi connectivity index (χ4n) is 2.93. The van der Waals surface area contributed by atoms with Gasteiger partial charge in [-0.05, 0) is 18.9 Å². The number of para-hydroxylation sites is 1. The van der Waals surface area contributed by atoms with Crippen LogP contribution in [-0.4, -0.2) is 57.3 Å². The molecule has 1 atom stereocenters. The number of rotatable bonds is 8. The summed E-state index contributed by atoms with van der Waals surface area (Å²) in [5.41, 5.74) is 0.457. The summed E-state index contributed by atoms with van der Waals surface area (Å²) in [6.07, 6.45) is -2.90. The van der Waals surface area contributed by atoms with Crippen molar-refractivity contribution < 1.29 is 27.8 Å². The SMILES string of the molecule is CN=C(NCc1ccccc1OCC(F)(F)F)NCC1(CCO)CCOC1. The first kappa shape index (κ1) is 21.3. The van der Waals surface area contributed by atoms with Crippen LogP contribution in [0.4, 0.5) is 13.2 Å². The van der Waals surface area contributed by atoms with Gasteiger partial charge in [0.25, 0.3) is 0 Å². The van der Waals surface area contributed by atoms with Crippen LogP contribution >= 0.6 is 0 Å². The predicted octanol–water partition coefficient (Wildman–Crippen LogP) is 2.08. The molecule has 6 nitrogen and oxygen atoms in total. The molecule has 3 N–H and O–H groups in total. The Hall–Kier alpha value is -2.00. The van der Waals surface area contributed by atoms with Crippen LogP contribution in [0.1, 0.15) is 18.4 Å². The molecule has 1 fully saturated rings. The van der Waals surface area contributed by atoms with Gasteiger partial charge >= 0.3 is 6.18 Å². The molecule has 9 heteroatoms. The lowest BCUT2D eigenvalue weighted by atomic mass is 9.84. The molecule has 1 unspecified atom stereocenters. The Kier molecular flexibility index (Phi) is 7.73. The molecule has 27 heavy (non-hydrogen) atoms. The number of benzene rings is 1. The predicted molar refractivity (Wildman–Crippen MR) is 95.8 cm³/mol. The highest BCUT2D eigenvalue weighted by molar-refractivity contribution is 5.79. The Morgan fingerprint density at radius 2 is 2.11 bits per heavy atom. The van der Waals surface area contributed by atoms with Crippen LogP contribution in [0.2, 0.25) is 0 Å². The lowest BCUT2D eigenvalue weighted by Crippen LogP contribution is -2.44. The average molecular weight is 389 g/mol. The monoisotopic (exact) mass is 389 g/mol. The van der Waals surface area contributed by atoms with Crippen molar-refractivity contribution in [3.8, 4) is 5.75 Å². The molecule has 1 aliphatic heterocycles. The highest BCUT2D eigenvalue weighted by atomic mass is 19.4. The highest BCUT2D eigenvalue weighted by Gasteiger charge is 2.34. The summed E-state index contributed by atoms with van der Waals surface area (Å²) in [5, 5.41) is 15.6. The van der Waals surface area contributed by atoms with Gasteiger partial charge in [-0.15, -0.1) is 0 Å². The number of halogens is 3. The summed E-state index contributed by atoms with van der Waals surface area (Å²) >= 11 is 0. The van der Waals surface area contributed by atoms with Crippen LogP contribution in [-0.2, 0) is 11.3 Å². The van der Waals surface area contributed by atoms with Crippen LogP contribution in [0.5, 0.6) is 5.75 Å². The van der Waals surface area contributed by atoms with Gasteiger partial charge in [0.2, 0.25) is 0 Å². The second-order valence-corrected chi connectivity index (χ2v) is 6.57. The zero-order chi connectivity index (χ0) is 19.8. The molecule has 1 saturated heterocycles. The minimum absolute atomic E-state index is 0.0843. The van der Waals surface area contributed by atoms with Gasteiger partial charge in [0, 0.05) is 44.3 Å². The Labute approximate surface area is 156 Å². The smallest absolute Gasteiger partial charge is 0.422 e. The number of alkyl halides is 3. The van der Waals surface area contributed by atoms with E-state index in [9.17, 15) is 18.3 Å². The van der Waals surface area contributed by atoms with Gasteiger partial charge in [0.15, 0.2) is 12.6 Å². The molecule has 2 rings (SSSR count). The molecular weight excluding hydrogens is 363 g/mol. The van der Waals surface area contributed by atoms with Gasteiger partial charge < -0.3 is 25.2 Å². The molecule has 0 aliphatic carbocycles. The van der Waals surface area contributed by atoms with Crippen LogP contribution in [0.15, 0.2) is 29.3 Å². The fourth-order valence-corrected chi connectivity index (χ4v) is 2.93. The van der Waals surface area contributed by atoms with Gasteiger partial charge in [0.05, 0.1) is 6.61 Å². The normalized spacial score (nSPS) is 20.6. The number of aliphatic hydroxyl groups is 1. The van der Waals surface area contributed by atoms with Gasteiger partial charge in [0.1, 0.15) is 5.75 Å². The number of aliphatic hydroxyl groups excluding tert-OH is 1. The first-order valence-electron chi connectivity index (χ1n) is 8.78. The van der Waals surface area contributed by atoms with E-state index in [0.717, 1.165) is 6.42 Å². The lowest BCUT2D eigenvalue weighted by molar-refractivity contribution is -0.153. The molecular formula is C18H26F3N3O3. The maximum Gasteiger partial charge on any atom is 0.422 e. The fraction of sp³-hybridized carbons (Fsp3) is 0.611. The third kappa shape index (κ3) is 6.91. The van der Waals surface area contributed by atoms with Crippen molar-refractivity contribution in [1.29, 1.82) is 0 Å². The number of hydrogen-bond acceptors (Lipinski definition) is 4. The van der Waals surface area contributed by atoms with E-state index in [1.54, 1.807) is 25.2 Å². The number of hydrogen-bond donors (Lipinski definition) is 3. The Morgan fingerprint density at radius 1 is 1.33 bits per heavy atom. The minimum Gasteiger partial charge on any atom is -0.484 e. The van der Waals surface area contributed by atoms with E-state index >= 15 is 0 Å². The van der Waals surface area contributed by atoms with E-state index in [-0.39, 0.29) is 24.3 Å². The number of nitrogens with zero attached hydrogens (tertiary/aromatic N) is 1. The molecule has 1 aromatic rings. The number of guanidine groups is 1. The van der Waals surface area contributed by atoms with Crippen LogP contribution < -0.4 is 15.4 Å². The van der Waals surface area contributed by atoms with E-state index in [2.05, 4.69) is 15.6 Å². The van der Waals surface area contributed by atoms with Crippen molar-refractivity contribution in [2.24, 2.45) is 10.4 Å². The van der Waals surface area contributed by atoms with Gasteiger partial charge in [-0.3, -0.25) is 4.99 Å². The molecule has 0 radical (unpaired) electrons. The molecule has 1 aliphatic rings. The Balaban J connectivity index is 1.90. The maximum absolute atomic E-state index is 12.4. The Morgan fingerprint density at radius 3 is 2.74 bits per heavy atom. The quantitative estimate of drug-likeness (QED) is 0.469. The second-order valence-electron chi connectivity index (χ2n) is 6.57. The highest BCUT2D eigenvalue weighted by Crippen LogP contribution is 2.31. The maximum atomic E-state index is 12.4. The van der Waals surface area contributed by atoms with E-state index in [4.69, 9.17) is 9.47 Å². The molecule has 0 amide bonds. The molecule has 1 heterocycles. The van der Waals surface area contributed by atoms with E-state index in [0.29, 0.717) is 37.7 Å². The van der Waals surface area contributed by atoms with Crippen molar-refractivity contribution in [2.75, 3.05) is 40.0 Å². The van der Waals surface area contributed by atoms with Crippen molar-refractivity contribution in [3.63, 3.8) is 0 Å². The number of ether oxygens (including phenoxy) is 2. The summed E-state index contributed by atoms with van der Waals surface area (Å²) in [5.74, 6) is 0.698. The van der Waals surface area contributed by atoms with Crippen LogP contribution in [0.3, 0.4) is 0 Å². The standard InChI is InChI=1S/C18H26F3N3O3/c1-22-16(24-11-17(6-8-25)7-9-26-12-17)23-10-14-4-2-3-5-15(14)27-13-18(19,20)21/h2-5,25H,6-13H2,1H3,(H2,22,23,24). The molecule has 0 bridgehead atoms. The number of nitrogens with one attached hydrogen (secondary N) is 2. The average Bonchev–Trinajstić information content (AvgIpc) is 3.09. The van der Waals surface area contributed by atoms with E-state index in [1.165, 1.54) is 6.07 Å². The number of aliphatic imine (C=N–C) groups is 1. The zero-order valence-electron chi connectivity index (χ0n) is 15.3. The van der Waals surface area contributed by atoms with Gasteiger partial charge in [-0.25, -0.2) is 0 Å². The second kappa shape index (κ2) is 9.80. The van der Waals surface area contributed by atoms with Gasteiger partial charge in [-0.2, -0.15) is 13.2 Å². The van der Waals surface area contributed by atoms with Crippen molar-refractivity contribution >= 4 is 5.96 Å². The first-order valence-corrected chi connectivity index (χ1v) is 8.78. The molecule has 0 spiro atoms. The topological polar surface area (TPSA) is 75.1 Å². The molecule has 1 aromatic carbocycles. The van der Waals surface area contributed by atoms with Crippen molar-refractivity contribution in [1.82, 2.24) is 10.6 Å². The Bertz CT molecular complexity index is 617. The molecule has 0 aromatic heterocycles. The largest absolute Gasteiger partial charge is 0.484 e. The summed E-state index contributed by atoms with van der Waals surface area (Å²) in [7, 11) is 1.62. The summed E-state index contributed by atoms with van der Waals surface area (Å²) in [4.78, 5) is 4.14. The molecule has 152 valence electrons. The van der Waals surface area contributed by atoms with Crippen molar-refractivity contribution in [3.05, 3.63) is 29.8 Å². The summed E-state index contributed by atoms with van der Waals surface area (Å²) in [6, 6.07) is 6.57. The summed E-state index contributed by atoms with van der Waals surface area (Å²) in [6.45, 7) is 0.835. The van der Waals surface area contributed by atoms with Gasteiger partial charge in [-0.1, -0.05) is 18.2 Å². The van der Waals surface area contributed by atoms with Crippen LogP contribution in [0, 0.1) is 5.41 Å². The van der Waals surface area contributed by atoms with Crippen molar-refractivity contribution in [2.45, 2.75) is 25.6 Å². The third-order valence-corrected chi connectivity index (χ3v) is 4.49. The zero-order valence-corrected chi connectivity index (χ0v) is 15.3. The first-order chi connectivity index (χ1) is 12.9. The van der Waals surface area contributed by atoms with Crippen LogP contribution in [0.25, 0.3) is 0 Å². The summed E-state index contributed by atoms with van der Waals surface area (Å²) < 4.78 is 47.5. The minimum atomic E-state index is -4.39. The third-order valence-electron chi connectivity index (χ3n) is 4.49.